The van der Waals surface area contributed by atoms with Crippen LogP contribution in [-0.4, -0.2) is 27.5 Å². The predicted molar refractivity (Wildman–Crippen MR) is 98.5 cm³/mol. The Bertz CT molecular complexity index is 730. The van der Waals surface area contributed by atoms with E-state index in [2.05, 4.69) is 4.72 Å². The van der Waals surface area contributed by atoms with Crippen LogP contribution in [0.1, 0.15) is 44.1 Å². The molecular weight excluding hydrogens is 385 g/mol. The highest BCUT2D eigenvalue weighted by Gasteiger charge is 2.31. The van der Waals surface area contributed by atoms with E-state index >= 15 is 0 Å². The second-order valence-corrected chi connectivity index (χ2v) is 8.97. The van der Waals surface area contributed by atoms with E-state index in [0.717, 1.165) is 25.7 Å². The molecule has 0 aliphatic heterocycles. The molecule has 140 valence electrons. The molecule has 0 heterocycles. The first-order valence-electron chi connectivity index (χ1n) is 8.30. The van der Waals surface area contributed by atoms with Crippen molar-refractivity contribution >= 4 is 39.2 Å². The summed E-state index contributed by atoms with van der Waals surface area (Å²) in [6, 6.07) is 1.87. The normalized spacial score (nSPS) is 17.3. The summed E-state index contributed by atoms with van der Waals surface area (Å²) in [7, 11) is -2.72. The van der Waals surface area contributed by atoms with Crippen molar-refractivity contribution in [3.63, 3.8) is 0 Å². The summed E-state index contributed by atoms with van der Waals surface area (Å²) >= 11 is 12.0. The molecule has 1 aromatic rings. The Labute approximate surface area is 159 Å². The maximum Gasteiger partial charge on any atom is 0.323 e. The predicted octanol–water partition coefficient (Wildman–Crippen LogP) is 4.09. The standard InChI is InChI=1S/C17H23Cl2NO4S/c1-11-8-16(14(19)10-13(11)18)25(22,23)20-15(17(21)24-2)9-12-6-4-3-5-7-12/h8,10,12,15,20H,3-7,9H2,1-2H3. The fourth-order valence-electron chi connectivity index (χ4n) is 3.18. The number of hydrogen-bond acceptors (Lipinski definition) is 4. The van der Waals surface area contributed by atoms with Crippen LogP contribution in [0.3, 0.4) is 0 Å². The first-order valence-corrected chi connectivity index (χ1v) is 10.5. The molecule has 8 heteroatoms. The third-order valence-electron chi connectivity index (χ3n) is 4.58. The van der Waals surface area contributed by atoms with Gasteiger partial charge in [0.1, 0.15) is 10.9 Å². The summed E-state index contributed by atoms with van der Waals surface area (Å²) in [6.07, 6.45) is 5.81. The van der Waals surface area contributed by atoms with Crippen molar-refractivity contribution in [2.24, 2.45) is 5.92 Å². The summed E-state index contributed by atoms with van der Waals surface area (Å²) in [5, 5.41) is 0.403. The lowest BCUT2D eigenvalue weighted by Crippen LogP contribution is -2.43. The highest BCUT2D eigenvalue weighted by Crippen LogP contribution is 2.30. The van der Waals surface area contributed by atoms with Gasteiger partial charge < -0.3 is 4.74 Å². The summed E-state index contributed by atoms with van der Waals surface area (Å²) in [4.78, 5) is 12.0. The molecule has 1 aromatic carbocycles. The number of carbonyl (C=O) groups is 1. The van der Waals surface area contributed by atoms with E-state index in [1.165, 1.54) is 25.7 Å². The quantitative estimate of drug-likeness (QED) is 0.720. The highest BCUT2D eigenvalue weighted by molar-refractivity contribution is 7.89. The van der Waals surface area contributed by atoms with Crippen LogP contribution in [0.25, 0.3) is 0 Å². The molecule has 1 saturated carbocycles. The summed E-state index contributed by atoms with van der Waals surface area (Å²) in [6.45, 7) is 1.69. The number of aryl methyl sites for hydroxylation is 1. The molecule has 0 amide bonds. The van der Waals surface area contributed by atoms with Gasteiger partial charge in [0, 0.05) is 5.02 Å². The van der Waals surface area contributed by atoms with Crippen LogP contribution in [0.4, 0.5) is 0 Å². The second-order valence-electron chi connectivity index (χ2n) is 6.47. The Hall–Kier alpha value is -0.820. The monoisotopic (exact) mass is 407 g/mol. The van der Waals surface area contributed by atoms with Crippen molar-refractivity contribution in [2.45, 2.75) is 56.4 Å². The highest BCUT2D eigenvalue weighted by atomic mass is 35.5. The SMILES string of the molecule is COC(=O)C(CC1CCCCC1)NS(=O)(=O)c1cc(C)c(Cl)cc1Cl. The number of hydrogen-bond donors (Lipinski definition) is 1. The molecule has 0 aromatic heterocycles. The molecule has 5 nitrogen and oxygen atoms in total. The molecular formula is C17H23Cl2NO4S. The Kier molecular flexibility index (Phi) is 7.14. The zero-order chi connectivity index (χ0) is 18.6. The van der Waals surface area contributed by atoms with E-state index < -0.39 is 22.0 Å². The van der Waals surface area contributed by atoms with E-state index in [4.69, 9.17) is 27.9 Å². The van der Waals surface area contributed by atoms with Gasteiger partial charge in [0.25, 0.3) is 0 Å². The van der Waals surface area contributed by atoms with Gasteiger partial charge in [-0.05, 0) is 37.0 Å². The van der Waals surface area contributed by atoms with Crippen molar-refractivity contribution in [1.82, 2.24) is 4.72 Å². The molecule has 0 saturated heterocycles. The lowest BCUT2D eigenvalue weighted by molar-refractivity contribution is -0.143. The van der Waals surface area contributed by atoms with Crippen molar-refractivity contribution in [1.29, 1.82) is 0 Å². The minimum Gasteiger partial charge on any atom is -0.468 e. The molecule has 1 atom stereocenters. The first kappa shape index (κ1) is 20.5. The number of ether oxygens (including phenoxy) is 1. The van der Waals surface area contributed by atoms with E-state index in [-0.39, 0.29) is 9.92 Å². The van der Waals surface area contributed by atoms with Gasteiger partial charge in [-0.2, -0.15) is 4.72 Å². The van der Waals surface area contributed by atoms with E-state index in [1.54, 1.807) is 6.92 Å². The van der Waals surface area contributed by atoms with Gasteiger partial charge in [-0.25, -0.2) is 8.42 Å². The number of halogens is 2. The van der Waals surface area contributed by atoms with Crippen LogP contribution < -0.4 is 4.72 Å². The lowest BCUT2D eigenvalue weighted by atomic mass is 9.85. The van der Waals surface area contributed by atoms with Gasteiger partial charge >= 0.3 is 5.97 Å². The van der Waals surface area contributed by atoms with Crippen LogP contribution in [0, 0.1) is 12.8 Å². The van der Waals surface area contributed by atoms with Crippen LogP contribution in [-0.2, 0) is 19.6 Å². The fraction of sp³-hybridized carbons (Fsp3) is 0.588. The molecule has 1 aliphatic carbocycles. The molecule has 2 rings (SSSR count). The van der Waals surface area contributed by atoms with Crippen LogP contribution >= 0.6 is 23.2 Å². The molecule has 1 unspecified atom stereocenters. The maximum atomic E-state index is 12.7. The van der Waals surface area contributed by atoms with Gasteiger partial charge in [0.05, 0.1) is 12.1 Å². The molecule has 0 spiro atoms. The van der Waals surface area contributed by atoms with E-state index in [0.29, 0.717) is 22.9 Å². The minimum absolute atomic E-state index is 0.0179. The van der Waals surface area contributed by atoms with Gasteiger partial charge in [0.2, 0.25) is 10.0 Å². The number of carbonyl (C=O) groups excluding carboxylic acids is 1. The summed E-state index contributed by atoms with van der Waals surface area (Å²) in [5.41, 5.74) is 0.591. The van der Waals surface area contributed by atoms with Crippen molar-refractivity contribution in [3.8, 4) is 0 Å². The molecule has 1 N–H and O–H groups in total. The maximum absolute atomic E-state index is 12.7. The topological polar surface area (TPSA) is 72.5 Å². The van der Waals surface area contributed by atoms with Gasteiger partial charge in [-0.15, -0.1) is 0 Å². The second kappa shape index (κ2) is 8.71. The number of benzene rings is 1. The summed E-state index contributed by atoms with van der Waals surface area (Å²) < 4.78 is 32.7. The van der Waals surface area contributed by atoms with Gasteiger partial charge in [-0.3, -0.25) is 4.79 Å². The van der Waals surface area contributed by atoms with Gasteiger partial charge in [0.15, 0.2) is 0 Å². The molecule has 1 aliphatic rings. The summed E-state index contributed by atoms with van der Waals surface area (Å²) in [5.74, 6) is -0.279. The van der Waals surface area contributed by atoms with Crippen molar-refractivity contribution in [3.05, 3.63) is 27.7 Å². The number of esters is 1. The number of sulfonamides is 1. The largest absolute Gasteiger partial charge is 0.468 e. The van der Waals surface area contributed by atoms with Crippen LogP contribution in [0.5, 0.6) is 0 Å². The molecule has 0 bridgehead atoms. The first-order chi connectivity index (χ1) is 11.7. The number of nitrogens with one attached hydrogen (secondary N) is 1. The molecule has 1 fully saturated rings. The lowest BCUT2D eigenvalue weighted by Gasteiger charge is -2.25. The van der Waals surface area contributed by atoms with Crippen LogP contribution in [0.15, 0.2) is 17.0 Å². The fourth-order valence-corrected chi connectivity index (χ4v) is 5.21. The zero-order valence-electron chi connectivity index (χ0n) is 14.3. The van der Waals surface area contributed by atoms with E-state index in [1.807, 2.05) is 0 Å². The Morgan fingerprint density at radius 3 is 2.48 bits per heavy atom. The van der Waals surface area contributed by atoms with Gasteiger partial charge in [-0.1, -0.05) is 55.3 Å². The Balaban J connectivity index is 2.24. The Morgan fingerprint density at radius 1 is 1.24 bits per heavy atom. The average molecular weight is 408 g/mol. The van der Waals surface area contributed by atoms with Crippen molar-refractivity contribution < 1.29 is 17.9 Å². The Morgan fingerprint density at radius 2 is 1.88 bits per heavy atom. The number of rotatable bonds is 6. The average Bonchev–Trinajstić information content (AvgIpc) is 2.57. The zero-order valence-corrected chi connectivity index (χ0v) is 16.7. The van der Waals surface area contributed by atoms with Crippen LogP contribution in [0.2, 0.25) is 10.0 Å². The third kappa shape index (κ3) is 5.33. The smallest absolute Gasteiger partial charge is 0.323 e. The third-order valence-corrected chi connectivity index (χ3v) is 6.92. The minimum atomic E-state index is -3.98. The number of methoxy groups -OCH3 is 1. The molecule has 0 radical (unpaired) electrons. The van der Waals surface area contributed by atoms with Crippen molar-refractivity contribution in [2.75, 3.05) is 7.11 Å². The van der Waals surface area contributed by atoms with E-state index in [9.17, 15) is 13.2 Å². The molecule has 25 heavy (non-hydrogen) atoms.